The van der Waals surface area contributed by atoms with Gasteiger partial charge < -0.3 is 15.8 Å². The summed E-state index contributed by atoms with van der Waals surface area (Å²) < 4.78 is 43.0. The van der Waals surface area contributed by atoms with Gasteiger partial charge in [0.2, 0.25) is 0 Å². The number of nitrogens with zero attached hydrogens (tertiary/aromatic N) is 1. The third-order valence-corrected chi connectivity index (χ3v) is 4.07. The Balaban J connectivity index is 1.71. The normalized spacial score (nSPS) is 13.8. The molecule has 0 radical (unpaired) electrons. The van der Waals surface area contributed by atoms with Crippen LogP contribution in [0.15, 0.2) is 41.4 Å². The molecule has 0 aromatic heterocycles. The van der Waals surface area contributed by atoms with Gasteiger partial charge in [0.25, 0.3) is 0 Å². The Hall–Kier alpha value is -2.70. The Labute approximate surface area is 143 Å². The Morgan fingerprint density at radius 1 is 1.20 bits per heavy atom. The summed E-state index contributed by atoms with van der Waals surface area (Å²) in [6, 6.07) is 9.69. The summed E-state index contributed by atoms with van der Waals surface area (Å²) >= 11 is 0. The van der Waals surface area contributed by atoms with E-state index in [9.17, 15) is 13.2 Å². The van der Waals surface area contributed by atoms with E-state index in [-0.39, 0.29) is 23.8 Å². The Bertz CT molecular complexity index is 793. The molecular formula is C18H18F3N3O. The van der Waals surface area contributed by atoms with Crippen LogP contribution in [0.1, 0.15) is 23.1 Å². The number of halogens is 3. The van der Waals surface area contributed by atoms with Crippen molar-refractivity contribution in [3.8, 4) is 5.75 Å². The summed E-state index contributed by atoms with van der Waals surface area (Å²) in [5.74, 6) is -0.847. The topological polar surface area (TPSA) is 59.6 Å². The first-order valence-corrected chi connectivity index (χ1v) is 7.94. The first kappa shape index (κ1) is 17.1. The third kappa shape index (κ3) is 4.23. The molecule has 3 rings (SSSR count). The maximum absolute atomic E-state index is 13.9. The van der Waals surface area contributed by atoms with E-state index < -0.39 is 12.4 Å². The molecule has 3 N–H and O–H groups in total. The number of nitrogens with two attached hydrogens (primary N) is 1. The monoisotopic (exact) mass is 349 g/mol. The molecular weight excluding hydrogens is 331 g/mol. The highest BCUT2D eigenvalue weighted by molar-refractivity contribution is 5.92. The molecule has 0 spiro atoms. The van der Waals surface area contributed by atoms with Crippen LogP contribution in [0.3, 0.4) is 0 Å². The minimum Gasteiger partial charge on any atom is -0.434 e. The number of guanidine groups is 1. The van der Waals surface area contributed by atoms with Crippen LogP contribution in [0.4, 0.5) is 18.9 Å². The fourth-order valence-corrected chi connectivity index (χ4v) is 2.90. The number of aryl methyl sites for hydroxylation is 2. The zero-order valence-corrected chi connectivity index (χ0v) is 13.4. The fourth-order valence-electron chi connectivity index (χ4n) is 2.90. The molecule has 4 nitrogen and oxygen atoms in total. The highest BCUT2D eigenvalue weighted by atomic mass is 19.3. The smallest absolute Gasteiger partial charge is 0.387 e. The molecule has 2 aromatic rings. The summed E-state index contributed by atoms with van der Waals surface area (Å²) in [6.45, 7) is -3.25. The number of aliphatic imine (C=N–C) groups is 1. The van der Waals surface area contributed by atoms with Crippen molar-refractivity contribution < 1.29 is 17.9 Å². The quantitative estimate of drug-likeness (QED) is 0.637. The van der Waals surface area contributed by atoms with Crippen LogP contribution in [0, 0.1) is 5.82 Å². The molecule has 1 aliphatic rings. The lowest BCUT2D eigenvalue weighted by atomic mass is 10.1. The summed E-state index contributed by atoms with van der Waals surface area (Å²) in [5, 5.41) is 2.94. The van der Waals surface area contributed by atoms with E-state index >= 15 is 0 Å². The first-order chi connectivity index (χ1) is 12.0. The molecule has 25 heavy (non-hydrogen) atoms. The maximum Gasteiger partial charge on any atom is 0.387 e. The molecule has 0 saturated heterocycles. The molecule has 132 valence electrons. The van der Waals surface area contributed by atoms with E-state index in [2.05, 4.69) is 15.0 Å². The second-order valence-electron chi connectivity index (χ2n) is 5.76. The van der Waals surface area contributed by atoms with Gasteiger partial charge in [0.1, 0.15) is 11.6 Å². The van der Waals surface area contributed by atoms with Crippen molar-refractivity contribution in [1.82, 2.24) is 0 Å². The molecule has 0 atom stereocenters. The van der Waals surface area contributed by atoms with E-state index in [1.165, 1.54) is 23.3 Å². The molecule has 0 saturated carbocycles. The van der Waals surface area contributed by atoms with Crippen molar-refractivity contribution in [3.63, 3.8) is 0 Å². The number of fused-ring (bicyclic) bond motifs is 1. The molecule has 1 aliphatic carbocycles. The minimum atomic E-state index is -3.04. The van der Waals surface area contributed by atoms with Crippen LogP contribution < -0.4 is 15.8 Å². The summed E-state index contributed by atoms with van der Waals surface area (Å²) in [4.78, 5) is 4.03. The van der Waals surface area contributed by atoms with Crippen LogP contribution >= 0.6 is 0 Å². The van der Waals surface area contributed by atoms with Gasteiger partial charge in [0.15, 0.2) is 5.96 Å². The lowest BCUT2D eigenvalue weighted by Gasteiger charge is -2.11. The van der Waals surface area contributed by atoms with E-state index in [0.717, 1.165) is 31.0 Å². The molecule has 7 heteroatoms. The van der Waals surface area contributed by atoms with Gasteiger partial charge in [0.05, 0.1) is 12.1 Å². The SMILES string of the molecule is NC(=NCc1c(F)cccc1OC(F)F)Nc1ccc2c(c1)CCC2. The average molecular weight is 349 g/mol. The lowest BCUT2D eigenvalue weighted by molar-refractivity contribution is -0.0506. The molecule has 0 unspecified atom stereocenters. The standard InChI is InChI=1S/C18H18F3N3O/c19-15-5-2-6-16(25-17(20)21)14(15)10-23-18(22)24-13-8-7-11-3-1-4-12(11)9-13/h2,5-9,17H,1,3-4,10H2,(H3,22,23,24). The van der Waals surface area contributed by atoms with Crippen LogP contribution in [-0.4, -0.2) is 12.6 Å². The van der Waals surface area contributed by atoms with Crippen LogP contribution in [-0.2, 0) is 19.4 Å². The van der Waals surface area contributed by atoms with Crippen LogP contribution in [0.5, 0.6) is 5.75 Å². The van der Waals surface area contributed by atoms with Crippen molar-refractivity contribution in [2.75, 3.05) is 5.32 Å². The predicted octanol–water partition coefficient (Wildman–Crippen LogP) is 3.84. The molecule has 0 fully saturated rings. The van der Waals surface area contributed by atoms with Gasteiger partial charge in [-0.05, 0) is 54.7 Å². The zero-order chi connectivity index (χ0) is 17.8. The highest BCUT2D eigenvalue weighted by Crippen LogP contribution is 2.26. The molecule has 0 aliphatic heterocycles. The van der Waals surface area contributed by atoms with Crippen molar-refractivity contribution in [3.05, 3.63) is 58.9 Å². The summed E-state index contributed by atoms with van der Waals surface area (Å²) in [7, 11) is 0. The van der Waals surface area contributed by atoms with Gasteiger partial charge in [-0.3, -0.25) is 0 Å². The maximum atomic E-state index is 13.9. The number of benzene rings is 2. The number of nitrogens with one attached hydrogen (secondary N) is 1. The van der Waals surface area contributed by atoms with E-state index in [4.69, 9.17) is 5.73 Å². The molecule has 0 amide bonds. The lowest BCUT2D eigenvalue weighted by Crippen LogP contribution is -2.22. The summed E-state index contributed by atoms with van der Waals surface area (Å²) in [5.41, 5.74) is 9.16. The second kappa shape index (κ2) is 7.46. The van der Waals surface area contributed by atoms with Crippen molar-refractivity contribution in [2.45, 2.75) is 32.4 Å². The highest BCUT2D eigenvalue weighted by Gasteiger charge is 2.14. The summed E-state index contributed by atoms with van der Waals surface area (Å²) in [6.07, 6.45) is 3.26. The Morgan fingerprint density at radius 3 is 2.80 bits per heavy atom. The number of alkyl halides is 2. The van der Waals surface area contributed by atoms with Gasteiger partial charge in [0, 0.05) is 5.69 Å². The van der Waals surface area contributed by atoms with Gasteiger partial charge in [-0.1, -0.05) is 12.1 Å². The Morgan fingerprint density at radius 2 is 2.00 bits per heavy atom. The molecule has 0 bridgehead atoms. The predicted molar refractivity (Wildman–Crippen MR) is 90.4 cm³/mol. The number of rotatable bonds is 5. The Kier molecular flexibility index (Phi) is 5.11. The van der Waals surface area contributed by atoms with Crippen molar-refractivity contribution >= 4 is 11.6 Å². The molecule has 0 heterocycles. The number of ether oxygens (including phenoxy) is 1. The van der Waals surface area contributed by atoms with Gasteiger partial charge in [-0.2, -0.15) is 8.78 Å². The van der Waals surface area contributed by atoms with Crippen LogP contribution in [0.2, 0.25) is 0 Å². The van der Waals surface area contributed by atoms with Crippen LogP contribution in [0.25, 0.3) is 0 Å². The van der Waals surface area contributed by atoms with E-state index in [1.807, 2.05) is 18.2 Å². The third-order valence-electron chi connectivity index (χ3n) is 4.07. The second-order valence-corrected chi connectivity index (χ2v) is 5.76. The minimum absolute atomic E-state index is 0.0681. The average Bonchev–Trinajstić information content (AvgIpc) is 3.01. The number of hydrogen-bond donors (Lipinski definition) is 2. The van der Waals surface area contributed by atoms with E-state index in [1.54, 1.807) is 0 Å². The van der Waals surface area contributed by atoms with E-state index in [0.29, 0.717) is 0 Å². The first-order valence-electron chi connectivity index (χ1n) is 7.94. The van der Waals surface area contributed by atoms with Gasteiger partial charge in [-0.25, -0.2) is 9.38 Å². The van der Waals surface area contributed by atoms with Crippen molar-refractivity contribution in [1.29, 1.82) is 0 Å². The van der Waals surface area contributed by atoms with Crippen molar-refractivity contribution in [2.24, 2.45) is 10.7 Å². The molecule has 2 aromatic carbocycles. The zero-order valence-electron chi connectivity index (χ0n) is 13.4. The van der Waals surface area contributed by atoms with Gasteiger partial charge >= 0.3 is 6.61 Å². The largest absolute Gasteiger partial charge is 0.434 e. The van der Waals surface area contributed by atoms with Gasteiger partial charge in [-0.15, -0.1) is 0 Å². The fraction of sp³-hybridized carbons (Fsp3) is 0.278. The number of anilines is 1. The number of hydrogen-bond acceptors (Lipinski definition) is 2.